The van der Waals surface area contributed by atoms with Crippen molar-refractivity contribution >= 4 is 9.84 Å². The van der Waals surface area contributed by atoms with Gasteiger partial charge < -0.3 is 10.2 Å². The van der Waals surface area contributed by atoms with Crippen molar-refractivity contribution in [2.75, 3.05) is 38.2 Å². The van der Waals surface area contributed by atoms with Gasteiger partial charge in [-0.15, -0.1) is 0 Å². The molecule has 0 saturated carbocycles. The van der Waals surface area contributed by atoms with Crippen molar-refractivity contribution in [1.82, 2.24) is 10.2 Å². The highest BCUT2D eigenvalue weighted by molar-refractivity contribution is 7.91. The van der Waals surface area contributed by atoms with Crippen LogP contribution < -0.4 is 5.32 Å². The van der Waals surface area contributed by atoms with E-state index in [0.717, 1.165) is 32.5 Å². The summed E-state index contributed by atoms with van der Waals surface area (Å²) in [5.41, 5.74) is 0. The molecule has 0 atom stereocenters. The van der Waals surface area contributed by atoms with Crippen LogP contribution in [0, 0.1) is 0 Å². The van der Waals surface area contributed by atoms with Gasteiger partial charge in [-0.05, 0) is 59.8 Å². The molecule has 0 heterocycles. The molecule has 0 spiro atoms. The number of nitrogens with zero attached hydrogens (tertiary/aromatic N) is 1. The summed E-state index contributed by atoms with van der Waals surface area (Å²) in [6.07, 6.45) is 3.06. The first-order chi connectivity index (χ1) is 8.39. The zero-order chi connectivity index (χ0) is 14.0. The first-order valence-corrected chi connectivity index (χ1v) is 8.82. The predicted octanol–water partition coefficient (Wildman–Crippen LogP) is 1.52. The summed E-state index contributed by atoms with van der Waals surface area (Å²) in [6, 6.07) is 0.609. The third-order valence-corrected chi connectivity index (χ3v) is 5.03. The zero-order valence-corrected chi connectivity index (χ0v) is 13.2. The Morgan fingerprint density at radius 3 is 2.28 bits per heavy atom. The summed E-state index contributed by atoms with van der Waals surface area (Å²) in [7, 11) is -0.638. The summed E-state index contributed by atoms with van der Waals surface area (Å²) in [4.78, 5) is 2.34. The van der Waals surface area contributed by atoms with Gasteiger partial charge in [0.05, 0.1) is 5.75 Å². The minimum absolute atomic E-state index is 0.258. The fourth-order valence-electron chi connectivity index (χ4n) is 1.56. The van der Waals surface area contributed by atoms with Crippen molar-refractivity contribution in [3.8, 4) is 0 Å². The van der Waals surface area contributed by atoms with E-state index in [4.69, 9.17) is 0 Å². The van der Waals surface area contributed by atoms with Crippen molar-refractivity contribution in [3.63, 3.8) is 0 Å². The fraction of sp³-hybridized carbons (Fsp3) is 1.00. The van der Waals surface area contributed by atoms with E-state index in [2.05, 4.69) is 31.1 Å². The van der Waals surface area contributed by atoms with Gasteiger partial charge in [-0.2, -0.15) is 0 Å². The van der Waals surface area contributed by atoms with Crippen molar-refractivity contribution in [3.05, 3.63) is 0 Å². The molecule has 1 N–H and O–H groups in total. The van der Waals surface area contributed by atoms with Crippen LogP contribution in [0.5, 0.6) is 0 Å². The molecule has 0 saturated heterocycles. The first kappa shape index (κ1) is 17.9. The number of hydrogen-bond donors (Lipinski definition) is 1. The topological polar surface area (TPSA) is 49.4 Å². The van der Waals surface area contributed by atoms with Gasteiger partial charge in [0, 0.05) is 11.8 Å². The molecule has 0 aliphatic rings. The van der Waals surface area contributed by atoms with Crippen LogP contribution in [0.2, 0.25) is 0 Å². The van der Waals surface area contributed by atoms with Crippen LogP contribution in [-0.2, 0) is 9.84 Å². The molecule has 5 heteroatoms. The highest BCUT2D eigenvalue weighted by Gasteiger charge is 2.05. The van der Waals surface area contributed by atoms with Crippen molar-refractivity contribution in [1.29, 1.82) is 0 Å². The Labute approximate surface area is 113 Å². The molecule has 4 nitrogen and oxygen atoms in total. The molecule has 0 aliphatic carbocycles. The maximum absolute atomic E-state index is 11.2. The van der Waals surface area contributed by atoms with E-state index in [0.29, 0.717) is 11.8 Å². The Morgan fingerprint density at radius 1 is 1.11 bits per heavy atom. The number of unbranched alkanes of at least 4 members (excludes halogenated alkanes) is 1. The van der Waals surface area contributed by atoms with E-state index in [1.165, 1.54) is 6.42 Å². The van der Waals surface area contributed by atoms with Crippen molar-refractivity contribution < 1.29 is 8.42 Å². The number of hydrogen-bond acceptors (Lipinski definition) is 4. The molecule has 0 aliphatic heterocycles. The smallest absolute Gasteiger partial charge is 0.150 e. The first-order valence-electron chi connectivity index (χ1n) is 7.00. The van der Waals surface area contributed by atoms with E-state index in [1.807, 2.05) is 0 Å². The number of rotatable bonds is 11. The molecule has 0 aromatic heterocycles. The Balaban J connectivity index is 3.32. The second kappa shape index (κ2) is 9.75. The highest BCUT2D eigenvalue weighted by atomic mass is 32.2. The fourth-order valence-corrected chi connectivity index (χ4v) is 2.43. The van der Waals surface area contributed by atoms with E-state index < -0.39 is 9.84 Å². The van der Waals surface area contributed by atoms with Crippen molar-refractivity contribution in [2.45, 2.75) is 46.1 Å². The second-order valence-corrected chi connectivity index (χ2v) is 7.59. The van der Waals surface area contributed by atoms with Crippen LogP contribution in [0.3, 0.4) is 0 Å². The van der Waals surface area contributed by atoms with Crippen LogP contribution in [-0.4, -0.2) is 57.5 Å². The standard InChI is InChI=1S/C13H30N2O2S/c1-5-18(16,17)12-8-10-14-9-6-7-11-15(4)13(2)3/h13-14H,5-12H2,1-4H3. The quantitative estimate of drug-likeness (QED) is 0.582. The van der Waals surface area contributed by atoms with Gasteiger partial charge in [0.2, 0.25) is 0 Å². The lowest BCUT2D eigenvalue weighted by Crippen LogP contribution is -2.28. The average Bonchev–Trinajstić information content (AvgIpc) is 2.32. The summed E-state index contributed by atoms with van der Waals surface area (Å²) in [5.74, 6) is 0.571. The molecular formula is C13H30N2O2S. The molecule has 18 heavy (non-hydrogen) atoms. The lowest BCUT2D eigenvalue weighted by molar-refractivity contribution is 0.268. The van der Waals surface area contributed by atoms with Gasteiger partial charge in [0.25, 0.3) is 0 Å². The Morgan fingerprint density at radius 2 is 1.72 bits per heavy atom. The van der Waals surface area contributed by atoms with Gasteiger partial charge in [-0.3, -0.25) is 0 Å². The lowest BCUT2D eigenvalue weighted by Gasteiger charge is -2.20. The Hall–Kier alpha value is -0.130. The highest BCUT2D eigenvalue weighted by Crippen LogP contribution is 1.97. The van der Waals surface area contributed by atoms with E-state index >= 15 is 0 Å². The lowest BCUT2D eigenvalue weighted by atomic mass is 10.2. The summed E-state index contributed by atoms with van der Waals surface area (Å²) < 4.78 is 22.5. The summed E-state index contributed by atoms with van der Waals surface area (Å²) >= 11 is 0. The van der Waals surface area contributed by atoms with Gasteiger partial charge in [0.1, 0.15) is 9.84 Å². The maximum Gasteiger partial charge on any atom is 0.150 e. The normalized spacial score (nSPS) is 12.6. The van der Waals surface area contributed by atoms with Gasteiger partial charge in [0.15, 0.2) is 0 Å². The monoisotopic (exact) mass is 278 g/mol. The largest absolute Gasteiger partial charge is 0.317 e. The molecule has 110 valence electrons. The summed E-state index contributed by atoms with van der Waals surface area (Å²) in [5, 5.41) is 3.30. The molecule has 0 fully saturated rings. The minimum atomic E-state index is -2.78. The van der Waals surface area contributed by atoms with Gasteiger partial charge in [-0.25, -0.2) is 8.42 Å². The van der Waals surface area contributed by atoms with E-state index in [-0.39, 0.29) is 5.75 Å². The zero-order valence-electron chi connectivity index (χ0n) is 12.4. The van der Waals surface area contributed by atoms with Crippen molar-refractivity contribution in [2.24, 2.45) is 0 Å². The average molecular weight is 278 g/mol. The Kier molecular flexibility index (Phi) is 9.68. The third-order valence-electron chi connectivity index (χ3n) is 3.24. The molecular weight excluding hydrogens is 248 g/mol. The van der Waals surface area contributed by atoms with Crippen LogP contribution in [0.1, 0.15) is 40.0 Å². The molecule has 0 bridgehead atoms. The second-order valence-electron chi connectivity index (χ2n) is 5.12. The molecule has 0 radical (unpaired) electrons. The van der Waals surface area contributed by atoms with Crippen LogP contribution in [0.25, 0.3) is 0 Å². The molecule has 0 amide bonds. The van der Waals surface area contributed by atoms with Crippen LogP contribution >= 0.6 is 0 Å². The third kappa shape index (κ3) is 9.85. The minimum Gasteiger partial charge on any atom is -0.317 e. The summed E-state index contributed by atoms with van der Waals surface area (Å²) in [6.45, 7) is 9.02. The molecule has 0 aromatic carbocycles. The van der Waals surface area contributed by atoms with E-state index in [1.54, 1.807) is 6.92 Å². The Bertz CT molecular complexity index is 289. The molecule has 0 unspecified atom stereocenters. The molecule has 0 aromatic rings. The SMILES string of the molecule is CCS(=O)(=O)CCCNCCCCN(C)C(C)C. The molecule has 0 rings (SSSR count). The van der Waals surface area contributed by atoms with Gasteiger partial charge >= 0.3 is 0 Å². The number of sulfone groups is 1. The maximum atomic E-state index is 11.2. The van der Waals surface area contributed by atoms with E-state index in [9.17, 15) is 8.42 Å². The van der Waals surface area contributed by atoms with Crippen LogP contribution in [0.15, 0.2) is 0 Å². The predicted molar refractivity (Wildman–Crippen MR) is 78.8 cm³/mol. The van der Waals surface area contributed by atoms with Crippen LogP contribution in [0.4, 0.5) is 0 Å². The number of nitrogens with one attached hydrogen (secondary N) is 1. The van der Waals surface area contributed by atoms with Gasteiger partial charge in [-0.1, -0.05) is 6.92 Å².